The summed E-state index contributed by atoms with van der Waals surface area (Å²) in [4.78, 5) is 12.1. The van der Waals surface area contributed by atoms with Crippen molar-refractivity contribution in [1.29, 1.82) is 0 Å². The maximum absolute atomic E-state index is 9.89. The zero-order valence-electron chi connectivity index (χ0n) is 15.7. The summed E-state index contributed by atoms with van der Waals surface area (Å²) in [6, 6.07) is 10.2. The van der Waals surface area contributed by atoms with Crippen molar-refractivity contribution in [2.75, 3.05) is 33.9 Å². The number of terminal acetylenes is 2. The van der Waals surface area contributed by atoms with Gasteiger partial charge in [0, 0.05) is 26.3 Å². The van der Waals surface area contributed by atoms with Crippen LogP contribution in [0, 0.1) is 25.7 Å². The number of methoxy groups -OCH3 is 1. The first-order chi connectivity index (χ1) is 12.1. The number of hydrogen-bond acceptors (Lipinski definition) is 4. The molecule has 1 aromatic carbocycles. The van der Waals surface area contributed by atoms with Crippen LogP contribution in [0.4, 0.5) is 0 Å². The van der Waals surface area contributed by atoms with Crippen molar-refractivity contribution in [1.82, 2.24) is 4.90 Å². The van der Waals surface area contributed by atoms with E-state index in [2.05, 4.69) is 42.4 Å². The van der Waals surface area contributed by atoms with Crippen LogP contribution in [0.5, 0.6) is 0 Å². The lowest BCUT2D eigenvalue weighted by Crippen LogP contribution is -2.23. The summed E-state index contributed by atoms with van der Waals surface area (Å²) in [7, 11) is 3.78. The van der Waals surface area contributed by atoms with E-state index in [1.165, 1.54) is 19.0 Å². The van der Waals surface area contributed by atoms with Crippen molar-refractivity contribution in [3.05, 3.63) is 42.0 Å². The monoisotopic (exact) mass is 344 g/mol. The summed E-state index contributed by atoms with van der Waals surface area (Å²) in [5.41, 5.74) is 6.63. The number of rotatable bonds is 3. The van der Waals surface area contributed by atoms with Gasteiger partial charge in [0.15, 0.2) is 0 Å². The molecule has 1 aliphatic rings. The van der Waals surface area contributed by atoms with Gasteiger partial charge < -0.3 is 15.4 Å². The summed E-state index contributed by atoms with van der Waals surface area (Å²) in [5, 5.41) is 0. The molecular formula is C21H32N2O2. The molecule has 0 spiro atoms. The normalized spacial score (nSPS) is 15.0. The number of hydrogen-bond donors (Lipinski definition) is 1. The van der Waals surface area contributed by atoms with E-state index >= 15 is 0 Å². The Kier molecular flexibility index (Phi) is 26.3. The zero-order chi connectivity index (χ0) is 19.9. The van der Waals surface area contributed by atoms with Crippen molar-refractivity contribution < 1.29 is 9.53 Å². The molecule has 1 heterocycles. The SMILES string of the molecule is C#C.C#C.CCOC.CN1CC[C@@H](N)C1.O=C/C=C\c1ccccc1. The molecule has 4 nitrogen and oxygen atoms in total. The second-order valence-corrected chi connectivity index (χ2v) is 4.79. The van der Waals surface area contributed by atoms with Gasteiger partial charge in [-0.3, -0.25) is 4.79 Å². The van der Waals surface area contributed by atoms with Crippen LogP contribution in [-0.4, -0.2) is 51.1 Å². The van der Waals surface area contributed by atoms with Crippen LogP contribution in [0.2, 0.25) is 0 Å². The largest absolute Gasteiger partial charge is 0.385 e. The molecule has 0 aliphatic carbocycles. The number of nitrogens with zero attached hydrogens (tertiary/aromatic N) is 1. The van der Waals surface area contributed by atoms with Crippen molar-refractivity contribution in [3.63, 3.8) is 0 Å². The molecule has 1 atom stereocenters. The van der Waals surface area contributed by atoms with E-state index in [-0.39, 0.29) is 0 Å². The van der Waals surface area contributed by atoms with Crippen LogP contribution < -0.4 is 5.73 Å². The predicted octanol–water partition coefficient (Wildman–Crippen LogP) is 2.70. The van der Waals surface area contributed by atoms with Gasteiger partial charge in [-0.25, -0.2) is 0 Å². The van der Waals surface area contributed by atoms with Crippen LogP contribution in [0.25, 0.3) is 6.08 Å². The van der Waals surface area contributed by atoms with E-state index in [0.717, 1.165) is 25.0 Å². The Hall–Kier alpha value is -2.37. The van der Waals surface area contributed by atoms with Crippen LogP contribution in [0.3, 0.4) is 0 Å². The summed E-state index contributed by atoms with van der Waals surface area (Å²) < 4.78 is 4.54. The molecule has 0 aromatic heterocycles. The molecule has 1 saturated heterocycles. The Morgan fingerprint density at radius 3 is 2.04 bits per heavy atom. The second kappa shape index (κ2) is 23.9. The van der Waals surface area contributed by atoms with E-state index < -0.39 is 0 Å². The van der Waals surface area contributed by atoms with Crippen LogP contribution in [0.15, 0.2) is 36.4 Å². The number of aldehydes is 1. The molecule has 2 rings (SSSR count). The fourth-order valence-electron chi connectivity index (χ4n) is 1.68. The number of carbonyl (C=O) groups is 1. The minimum absolute atomic E-state index is 0.449. The molecule has 4 heteroatoms. The third-order valence-corrected chi connectivity index (χ3v) is 2.88. The third-order valence-electron chi connectivity index (χ3n) is 2.88. The van der Waals surface area contributed by atoms with Crippen LogP contribution in [-0.2, 0) is 9.53 Å². The first kappa shape index (κ1) is 27.5. The van der Waals surface area contributed by atoms with Crippen LogP contribution in [0.1, 0.15) is 18.9 Å². The first-order valence-corrected chi connectivity index (χ1v) is 7.90. The highest BCUT2D eigenvalue weighted by Gasteiger charge is 2.13. The average molecular weight is 344 g/mol. The molecule has 0 unspecified atom stereocenters. The standard InChI is InChI=1S/C9H8O.C5H12N2.C3H8O.2C2H2/c10-8-4-7-9-5-2-1-3-6-9;1-7-3-2-5(6)4-7;1-3-4-2;2*1-2/h1-8H;5H,2-4,6H2,1H3;3H2,1-2H3;2*1-2H/b7-4-;;;;/t;5-;;;/m.1.../s1. The quantitative estimate of drug-likeness (QED) is 0.520. The van der Waals surface area contributed by atoms with Gasteiger partial charge in [-0.1, -0.05) is 36.4 Å². The topological polar surface area (TPSA) is 55.6 Å². The molecule has 1 aliphatic heterocycles. The number of nitrogens with two attached hydrogens (primary N) is 1. The Bertz CT molecular complexity index is 437. The molecule has 0 radical (unpaired) electrons. The molecule has 25 heavy (non-hydrogen) atoms. The third kappa shape index (κ3) is 21.6. The summed E-state index contributed by atoms with van der Waals surface area (Å²) in [6.07, 6.45) is 21.2. The van der Waals surface area contributed by atoms with Gasteiger partial charge in [0.2, 0.25) is 0 Å². The molecule has 138 valence electrons. The Labute approximate surface area is 154 Å². The number of benzene rings is 1. The number of ether oxygens (including phenoxy) is 1. The first-order valence-electron chi connectivity index (χ1n) is 7.90. The second-order valence-electron chi connectivity index (χ2n) is 4.79. The maximum atomic E-state index is 9.89. The predicted molar refractivity (Wildman–Crippen MR) is 109 cm³/mol. The molecule has 1 fully saturated rings. The van der Waals surface area contributed by atoms with E-state index in [9.17, 15) is 4.79 Å². The average Bonchev–Trinajstić information content (AvgIpc) is 3.07. The lowest BCUT2D eigenvalue weighted by Gasteiger charge is -2.03. The molecule has 0 saturated carbocycles. The number of likely N-dealkylation sites (N-methyl/N-ethyl adjacent to an activating group) is 1. The molecule has 2 N–H and O–H groups in total. The van der Waals surface area contributed by atoms with Gasteiger partial charge in [0.25, 0.3) is 0 Å². The van der Waals surface area contributed by atoms with E-state index in [1.807, 2.05) is 37.3 Å². The highest BCUT2D eigenvalue weighted by atomic mass is 16.5. The number of likely N-dealkylation sites (tertiary alicyclic amines) is 1. The summed E-state index contributed by atoms with van der Waals surface area (Å²) >= 11 is 0. The Morgan fingerprint density at radius 1 is 1.24 bits per heavy atom. The minimum Gasteiger partial charge on any atom is -0.385 e. The highest BCUT2D eigenvalue weighted by molar-refractivity contribution is 5.73. The van der Waals surface area contributed by atoms with Gasteiger partial charge >= 0.3 is 0 Å². The van der Waals surface area contributed by atoms with E-state index in [1.54, 1.807) is 13.2 Å². The van der Waals surface area contributed by atoms with Crippen molar-refractivity contribution in [3.8, 4) is 25.7 Å². The van der Waals surface area contributed by atoms with Gasteiger partial charge in [0.1, 0.15) is 6.29 Å². The van der Waals surface area contributed by atoms with Gasteiger partial charge in [0.05, 0.1) is 0 Å². The molecular weight excluding hydrogens is 312 g/mol. The molecule has 0 bridgehead atoms. The lowest BCUT2D eigenvalue weighted by molar-refractivity contribution is -0.104. The summed E-state index contributed by atoms with van der Waals surface area (Å²) in [5.74, 6) is 0. The van der Waals surface area contributed by atoms with E-state index in [4.69, 9.17) is 5.73 Å². The Morgan fingerprint density at radius 2 is 1.76 bits per heavy atom. The van der Waals surface area contributed by atoms with Crippen molar-refractivity contribution in [2.24, 2.45) is 5.73 Å². The van der Waals surface area contributed by atoms with Crippen molar-refractivity contribution in [2.45, 2.75) is 19.4 Å². The Balaban J connectivity index is -0.000000283. The van der Waals surface area contributed by atoms with Gasteiger partial charge in [-0.15, -0.1) is 25.7 Å². The maximum Gasteiger partial charge on any atom is 0.142 e. The smallest absolute Gasteiger partial charge is 0.142 e. The fourth-order valence-corrected chi connectivity index (χ4v) is 1.68. The van der Waals surface area contributed by atoms with Gasteiger partial charge in [-0.2, -0.15) is 0 Å². The fraction of sp³-hybridized carbons (Fsp3) is 0.381. The van der Waals surface area contributed by atoms with E-state index in [0.29, 0.717) is 6.04 Å². The van der Waals surface area contributed by atoms with Crippen LogP contribution >= 0.6 is 0 Å². The summed E-state index contributed by atoms with van der Waals surface area (Å²) in [6.45, 7) is 5.04. The highest BCUT2D eigenvalue weighted by Crippen LogP contribution is 2.01. The molecule has 0 amide bonds. The zero-order valence-corrected chi connectivity index (χ0v) is 15.7. The minimum atomic E-state index is 0.449. The number of allylic oxidation sites excluding steroid dienone is 1. The lowest BCUT2D eigenvalue weighted by atomic mass is 10.2. The number of carbonyl (C=O) groups excluding carboxylic acids is 1. The van der Waals surface area contributed by atoms with Gasteiger partial charge in [-0.05, 0) is 38.6 Å². The molecule has 1 aromatic rings. The van der Waals surface area contributed by atoms with Crippen molar-refractivity contribution >= 4 is 12.4 Å².